The molecule has 22 heavy (non-hydrogen) atoms. The van der Waals surface area contributed by atoms with Crippen LogP contribution < -0.4 is 0 Å². The second kappa shape index (κ2) is 5.48. The van der Waals surface area contributed by atoms with Gasteiger partial charge in [0.25, 0.3) is 0 Å². The highest BCUT2D eigenvalue weighted by Gasteiger charge is 2.86. The molecule has 0 aromatic heterocycles. The fourth-order valence-corrected chi connectivity index (χ4v) is 1.10. The fourth-order valence-electron chi connectivity index (χ4n) is 1.10. The Bertz CT molecular complexity index is 442. The maximum absolute atomic E-state index is 12.9. The standard InChI is InChI=1S/C9H5F13/c1-2-5(13,14)7(17,18)9(21,22)8(19,20)6(15,16)3(10)4(11)12/h2H2,1H3. The van der Waals surface area contributed by atoms with E-state index in [1.807, 2.05) is 0 Å². The van der Waals surface area contributed by atoms with Gasteiger partial charge < -0.3 is 0 Å². The van der Waals surface area contributed by atoms with E-state index >= 15 is 0 Å². The predicted molar refractivity (Wildman–Crippen MR) is 45.4 cm³/mol. The molecule has 0 aliphatic rings. The Hall–Kier alpha value is -1.17. The van der Waals surface area contributed by atoms with Crippen LogP contribution in [0.15, 0.2) is 11.9 Å². The average molecular weight is 360 g/mol. The molecule has 13 heteroatoms. The van der Waals surface area contributed by atoms with Crippen molar-refractivity contribution in [2.45, 2.75) is 43.0 Å². The number of rotatable bonds is 6. The van der Waals surface area contributed by atoms with Crippen molar-refractivity contribution in [3.63, 3.8) is 0 Å². The Labute approximate surface area is 113 Å². The van der Waals surface area contributed by atoms with Gasteiger partial charge in [0.15, 0.2) is 0 Å². The zero-order valence-electron chi connectivity index (χ0n) is 10.1. The average Bonchev–Trinajstić information content (AvgIpc) is 2.36. The Kier molecular flexibility index (Phi) is 5.19. The van der Waals surface area contributed by atoms with E-state index in [4.69, 9.17) is 0 Å². The Balaban J connectivity index is 6.25. The molecule has 132 valence electrons. The molecule has 0 aromatic carbocycles. The second-order valence-corrected chi connectivity index (χ2v) is 3.93. The number of hydrogen-bond donors (Lipinski definition) is 0. The highest BCUT2D eigenvalue weighted by molar-refractivity contribution is 5.18. The van der Waals surface area contributed by atoms with Gasteiger partial charge in [-0.05, 0) is 0 Å². The van der Waals surface area contributed by atoms with Gasteiger partial charge in [-0.2, -0.15) is 57.1 Å². The Morgan fingerprint density at radius 3 is 1.27 bits per heavy atom. The van der Waals surface area contributed by atoms with Crippen LogP contribution in [0, 0.1) is 0 Å². The summed E-state index contributed by atoms with van der Waals surface area (Å²) in [5.41, 5.74) is 0. The van der Waals surface area contributed by atoms with Gasteiger partial charge in [-0.25, -0.2) is 0 Å². The van der Waals surface area contributed by atoms with Crippen molar-refractivity contribution in [3.8, 4) is 0 Å². The maximum Gasteiger partial charge on any atom is 0.385 e. The topological polar surface area (TPSA) is 0 Å². The van der Waals surface area contributed by atoms with Crippen LogP contribution in [-0.4, -0.2) is 29.6 Å². The molecule has 0 saturated heterocycles. The number of hydrogen-bond acceptors (Lipinski definition) is 0. The molecule has 0 heterocycles. The van der Waals surface area contributed by atoms with Crippen LogP contribution in [0.5, 0.6) is 0 Å². The van der Waals surface area contributed by atoms with Crippen molar-refractivity contribution < 1.29 is 57.1 Å². The van der Waals surface area contributed by atoms with E-state index in [2.05, 4.69) is 0 Å². The van der Waals surface area contributed by atoms with Crippen molar-refractivity contribution in [2.75, 3.05) is 0 Å². The van der Waals surface area contributed by atoms with Crippen molar-refractivity contribution in [1.29, 1.82) is 0 Å². The lowest BCUT2D eigenvalue weighted by Gasteiger charge is -2.38. The van der Waals surface area contributed by atoms with Gasteiger partial charge in [-0.15, -0.1) is 0 Å². The van der Waals surface area contributed by atoms with Gasteiger partial charge in [-0.3, -0.25) is 0 Å². The molecule has 0 saturated carbocycles. The number of allylic oxidation sites excluding steroid dienone is 1. The van der Waals surface area contributed by atoms with E-state index in [1.54, 1.807) is 0 Å². The summed E-state index contributed by atoms with van der Waals surface area (Å²) in [6.07, 6.45) is -6.38. The van der Waals surface area contributed by atoms with Crippen LogP contribution in [0.4, 0.5) is 57.1 Å². The summed E-state index contributed by atoms with van der Waals surface area (Å²) in [5.74, 6) is -39.7. The van der Waals surface area contributed by atoms with Gasteiger partial charge >= 0.3 is 35.7 Å². The zero-order valence-corrected chi connectivity index (χ0v) is 10.1. The van der Waals surface area contributed by atoms with Crippen molar-refractivity contribution in [2.24, 2.45) is 0 Å². The van der Waals surface area contributed by atoms with Gasteiger partial charge in [0, 0.05) is 6.42 Å². The minimum atomic E-state index is -7.57. The smallest absolute Gasteiger partial charge is 0.200 e. The second-order valence-electron chi connectivity index (χ2n) is 3.93. The third kappa shape index (κ3) is 2.62. The molecular weight excluding hydrogens is 355 g/mol. The first-order valence-electron chi connectivity index (χ1n) is 5.02. The van der Waals surface area contributed by atoms with E-state index < -0.39 is 47.9 Å². The Morgan fingerprint density at radius 1 is 0.636 bits per heavy atom. The van der Waals surface area contributed by atoms with E-state index in [-0.39, 0.29) is 6.92 Å². The minimum absolute atomic E-state index is 0.141. The van der Waals surface area contributed by atoms with Crippen LogP contribution in [0.25, 0.3) is 0 Å². The van der Waals surface area contributed by atoms with Gasteiger partial charge in [0.1, 0.15) is 0 Å². The highest BCUT2D eigenvalue weighted by atomic mass is 19.4. The molecule has 0 spiro atoms. The summed E-state index contributed by atoms with van der Waals surface area (Å²) in [5, 5.41) is 0. The molecule has 0 unspecified atom stereocenters. The SMILES string of the molecule is CCC(F)(F)C(F)(F)C(F)(F)C(F)(F)C(F)(F)C(F)=C(F)F. The van der Waals surface area contributed by atoms with Crippen LogP contribution in [0.2, 0.25) is 0 Å². The molecule has 0 aliphatic heterocycles. The summed E-state index contributed by atoms with van der Waals surface area (Å²) >= 11 is 0. The lowest BCUT2D eigenvalue weighted by Crippen LogP contribution is -2.67. The van der Waals surface area contributed by atoms with E-state index in [9.17, 15) is 57.1 Å². The molecule has 0 amide bonds. The summed E-state index contributed by atoms with van der Waals surface area (Å²) in [4.78, 5) is 0. The van der Waals surface area contributed by atoms with E-state index in [0.717, 1.165) is 0 Å². The lowest BCUT2D eigenvalue weighted by atomic mass is 9.93. The molecule has 0 aliphatic carbocycles. The predicted octanol–water partition coefficient (Wildman–Crippen LogP) is 5.65. The van der Waals surface area contributed by atoms with E-state index in [1.165, 1.54) is 0 Å². The van der Waals surface area contributed by atoms with Crippen LogP contribution in [0.3, 0.4) is 0 Å². The molecule has 0 N–H and O–H groups in total. The monoisotopic (exact) mass is 360 g/mol. The molecule has 0 fully saturated rings. The van der Waals surface area contributed by atoms with Crippen molar-refractivity contribution in [3.05, 3.63) is 11.9 Å². The van der Waals surface area contributed by atoms with Gasteiger partial charge in [0.05, 0.1) is 0 Å². The molecule has 0 atom stereocenters. The summed E-state index contributed by atoms with van der Waals surface area (Å²) in [6.45, 7) is 0.141. The third-order valence-electron chi connectivity index (χ3n) is 2.53. The van der Waals surface area contributed by atoms with Crippen molar-refractivity contribution in [1.82, 2.24) is 0 Å². The first-order valence-corrected chi connectivity index (χ1v) is 5.02. The molecule has 0 radical (unpaired) electrons. The number of halogens is 13. The Morgan fingerprint density at radius 2 is 1.00 bits per heavy atom. The third-order valence-corrected chi connectivity index (χ3v) is 2.53. The zero-order chi connectivity index (χ0) is 18.4. The molecule has 0 rings (SSSR count). The number of alkyl halides is 10. The van der Waals surface area contributed by atoms with Crippen LogP contribution >= 0.6 is 0 Å². The van der Waals surface area contributed by atoms with Gasteiger partial charge in [-0.1, -0.05) is 6.92 Å². The fraction of sp³-hybridized carbons (Fsp3) is 0.778. The van der Waals surface area contributed by atoms with Crippen molar-refractivity contribution >= 4 is 0 Å². The summed E-state index contributed by atoms with van der Waals surface area (Å²) in [7, 11) is 0. The van der Waals surface area contributed by atoms with E-state index in [0.29, 0.717) is 0 Å². The quantitative estimate of drug-likeness (QED) is 0.537. The summed E-state index contributed by atoms with van der Waals surface area (Å²) < 4.78 is 163. The highest BCUT2D eigenvalue weighted by Crippen LogP contribution is 2.59. The molecule has 0 nitrogen and oxygen atoms in total. The normalized spacial score (nSPS) is 15.0. The molecule has 0 aromatic rings. The minimum Gasteiger partial charge on any atom is -0.200 e. The molecule has 0 bridgehead atoms. The maximum atomic E-state index is 12.9. The van der Waals surface area contributed by atoms with Crippen LogP contribution in [-0.2, 0) is 0 Å². The molecular formula is C9H5F13. The van der Waals surface area contributed by atoms with Crippen LogP contribution in [0.1, 0.15) is 13.3 Å². The first kappa shape index (κ1) is 20.8. The van der Waals surface area contributed by atoms with Gasteiger partial charge in [0.2, 0.25) is 5.83 Å². The first-order chi connectivity index (χ1) is 9.41. The lowest BCUT2D eigenvalue weighted by molar-refractivity contribution is -0.398. The summed E-state index contributed by atoms with van der Waals surface area (Å²) in [6, 6.07) is 0. The largest absolute Gasteiger partial charge is 0.385 e.